The molecule has 0 spiro atoms. The van der Waals surface area contributed by atoms with E-state index in [1.165, 1.54) is 0 Å². The van der Waals surface area contributed by atoms with Crippen LogP contribution in [0.25, 0.3) is 0 Å². The quantitative estimate of drug-likeness (QED) is 0.551. The van der Waals surface area contributed by atoms with Crippen LogP contribution < -0.4 is 25.4 Å². The second-order valence-corrected chi connectivity index (χ2v) is 5.88. The van der Waals surface area contributed by atoms with Crippen LogP contribution in [0.15, 0.2) is 67.0 Å². The third-order valence-corrected chi connectivity index (χ3v) is 3.98. The highest BCUT2D eigenvalue weighted by Crippen LogP contribution is 2.37. The molecule has 1 amide bonds. The summed E-state index contributed by atoms with van der Waals surface area (Å²) in [5.41, 5.74) is 2.99. The summed E-state index contributed by atoms with van der Waals surface area (Å²) in [6.45, 7) is 0.114. The Morgan fingerprint density at radius 1 is 0.893 bits per heavy atom. The first kappa shape index (κ1) is 19.0. The van der Waals surface area contributed by atoms with Crippen LogP contribution in [0.5, 0.6) is 11.5 Å². The Kier molecular flexibility index (Phi) is 6.30. The summed E-state index contributed by atoms with van der Waals surface area (Å²) in [6.07, 6.45) is 3.33. The van der Waals surface area contributed by atoms with Gasteiger partial charge in [-0.15, -0.1) is 0 Å². The van der Waals surface area contributed by atoms with Gasteiger partial charge >= 0.3 is 0 Å². The number of benzene rings is 2. The van der Waals surface area contributed by atoms with Crippen molar-refractivity contribution in [3.05, 3.63) is 67.0 Å². The highest BCUT2D eigenvalue weighted by Gasteiger charge is 2.14. The van der Waals surface area contributed by atoms with Crippen molar-refractivity contribution in [3.8, 4) is 11.5 Å². The van der Waals surface area contributed by atoms with E-state index in [9.17, 15) is 4.79 Å². The third kappa shape index (κ3) is 4.91. The molecule has 1 heterocycles. The predicted octanol–water partition coefficient (Wildman–Crippen LogP) is 3.89. The molecule has 3 aromatic rings. The van der Waals surface area contributed by atoms with Crippen molar-refractivity contribution in [3.63, 3.8) is 0 Å². The minimum absolute atomic E-state index is 0.114. The third-order valence-electron chi connectivity index (χ3n) is 3.98. The molecule has 0 saturated carbocycles. The lowest BCUT2D eigenvalue weighted by molar-refractivity contribution is -0.114. The van der Waals surface area contributed by atoms with Crippen LogP contribution in [0, 0.1) is 0 Å². The molecule has 0 aliphatic carbocycles. The van der Waals surface area contributed by atoms with Crippen LogP contribution in [0.1, 0.15) is 0 Å². The van der Waals surface area contributed by atoms with Gasteiger partial charge in [-0.3, -0.25) is 9.78 Å². The van der Waals surface area contributed by atoms with Crippen LogP contribution >= 0.6 is 0 Å². The lowest BCUT2D eigenvalue weighted by Crippen LogP contribution is -2.22. The Hall–Kier alpha value is -3.74. The fourth-order valence-electron chi connectivity index (χ4n) is 2.61. The number of aromatic nitrogens is 1. The fourth-order valence-corrected chi connectivity index (χ4v) is 2.61. The molecule has 7 heteroatoms. The number of hydrogen-bond acceptors (Lipinski definition) is 6. The minimum atomic E-state index is -0.194. The van der Waals surface area contributed by atoms with Gasteiger partial charge in [-0.25, -0.2) is 0 Å². The van der Waals surface area contributed by atoms with Gasteiger partial charge in [0.25, 0.3) is 0 Å². The summed E-state index contributed by atoms with van der Waals surface area (Å²) >= 11 is 0. The monoisotopic (exact) mass is 378 g/mol. The van der Waals surface area contributed by atoms with E-state index in [1.54, 1.807) is 50.9 Å². The van der Waals surface area contributed by atoms with Gasteiger partial charge in [-0.1, -0.05) is 18.2 Å². The molecule has 0 saturated heterocycles. The van der Waals surface area contributed by atoms with Crippen LogP contribution in [-0.2, 0) is 4.79 Å². The molecule has 28 heavy (non-hydrogen) atoms. The average Bonchev–Trinajstić information content (AvgIpc) is 2.74. The summed E-state index contributed by atoms with van der Waals surface area (Å²) in [6, 6.07) is 16.8. The molecular formula is C21H22N4O3. The summed E-state index contributed by atoms with van der Waals surface area (Å²) in [4.78, 5) is 16.4. The summed E-state index contributed by atoms with van der Waals surface area (Å²) in [5, 5.41) is 9.27. The van der Waals surface area contributed by atoms with Crippen LogP contribution in [0.4, 0.5) is 22.7 Å². The molecule has 3 N–H and O–H groups in total. The van der Waals surface area contributed by atoms with Gasteiger partial charge in [0.15, 0.2) is 11.5 Å². The number of nitrogens with one attached hydrogen (secondary N) is 3. The molecule has 0 unspecified atom stereocenters. The standard InChI is InChI=1S/C21H22N4O3/c1-27-19-12-17(24-16-6-4-3-5-7-16)18(13-20(19)28-2)25-21(26)14-23-15-8-10-22-11-9-15/h3-13,24H,14H2,1-2H3,(H,22,23)(H,25,26). The topological polar surface area (TPSA) is 84.5 Å². The summed E-state index contributed by atoms with van der Waals surface area (Å²) in [7, 11) is 3.12. The highest BCUT2D eigenvalue weighted by atomic mass is 16.5. The zero-order valence-electron chi connectivity index (χ0n) is 15.7. The Morgan fingerprint density at radius 2 is 1.54 bits per heavy atom. The number of carbonyl (C=O) groups is 1. The minimum Gasteiger partial charge on any atom is -0.493 e. The maximum Gasteiger partial charge on any atom is 0.243 e. The number of anilines is 4. The van der Waals surface area contributed by atoms with Crippen molar-refractivity contribution in [1.29, 1.82) is 0 Å². The van der Waals surface area contributed by atoms with Crippen molar-refractivity contribution in [2.75, 3.05) is 36.7 Å². The molecule has 2 aromatic carbocycles. The molecule has 0 fully saturated rings. The molecule has 0 aliphatic rings. The fraction of sp³-hybridized carbons (Fsp3) is 0.143. The van der Waals surface area contributed by atoms with Crippen LogP contribution in [-0.4, -0.2) is 31.7 Å². The van der Waals surface area contributed by atoms with Gasteiger partial charge in [0.1, 0.15) is 0 Å². The molecule has 1 aromatic heterocycles. The van der Waals surface area contributed by atoms with Crippen LogP contribution in [0.2, 0.25) is 0 Å². The SMILES string of the molecule is COc1cc(NC(=O)CNc2ccncc2)c(Nc2ccccc2)cc1OC. The largest absolute Gasteiger partial charge is 0.493 e. The first-order valence-electron chi connectivity index (χ1n) is 8.71. The molecule has 0 atom stereocenters. The van der Waals surface area contributed by atoms with Crippen LogP contribution in [0.3, 0.4) is 0 Å². The maximum atomic E-state index is 12.5. The van der Waals surface area contributed by atoms with Gasteiger partial charge in [-0.05, 0) is 24.3 Å². The van der Waals surface area contributed by atoms with Crippen molar-refractivity contribution in [2.24, 2.45) is 0 Å². The van der Waals surface area contributed by atoms with E-state index in [4.69, 9.17) is 9.47 Å². The maximum absolute atomic E-state index is 12.5. The van der Waals surface area contributed by atoms with Gasteiger partial charge in [0, 0.05) is 35.9 Å². The second-order valence-electron chi connectivity index (χ2n) is 5.88. The normalized spacial score (nSPS) is 10.1. The zero-order valence-corrected chi connectivity index (χ0v) is 15.7. The number of methoxy groups -OCH3 is 2. The van der Waals surface area contributed by atoms with Gasteiger partial charge in [0.05, 0.1) is 32.1 Å². The van der Waals surface area contributed by atoms with E-state index >= 15 is 0 Å². The first-order chi connectivity index (χ1) is 13.7. The van der Waals surface area contributed by atoms with E-state index in [0.717, 1.165) is 11.4 Å². The lowest BCUT2D eigenvalue weighted by atomic mass is 10.2. The predicted molar refractivity (Wildman–Crippen MR) is 111 cm³/mol. The highest BCUT2D eigenvalue weighted by molar-refractivity contribution is 5.98. The molecule has 7 nitrogen and oxygen atoms in total. The number of hydrogen-bond donors (Lipinski definition) is 3. The first-order valence-corrected chi connectivity index (χ1v) is 8.71. The summed E-state index contributed by atoms with van der Waals surface area (Å²) in [5.74, 6) is 0.896. The Balaban J connectivity index is 1.79. The number of nitrogens with zero attached hydrogens (tertiary/aromatic N) is 1. The Labute approximate surface area is 163 Å². The molecule has 0 aliphatic heterocycles. The summed E-state index contributed by atoms with van der Waals surface area (Å²) < 4.78 is 10.8. The number of pyridine rings is 1. The molecule has 144 valence electrons. The van der Waals surface area contributed by atoms with E-state index in [1.807, 2.05) is 30.3 Å². The van der Waals surface area contributed by atoms with E-state index in [-0.39, 0.29) is 12.5 Å². The van der Waals surface area contributed by atoms with E-state index in [2.05, 4.69) is 20.9 Å². The molecular weight excluding hydrogens is 356 g/mol. The molecule has 0 bridgehead atoms. The van der Waals surface area contributed by atoms with Crippen molar-refractivity contribution in [1.82, 2.24) is 4.98 Å². The van der Waals surface area contributed by atoms with Crippen molar-refractivity contribution in [2.45, 2.75) is 0 Å². The van der Waals surface area contributed by atoms with E-state index < -0.39 is 0 Å². The van der Waals surface area contributed by atoms with Crippen molar-refractivity contribution >= 4 is 28.7 Å². The number of carbonyl (C=O) groups excluding carboxylic acids is 1. The molecule has 3 rings (SSSR count). The number of rotatable bonds is 8. The Bertz CT molecular complexity index is 918. The average molecular weight is 378 g/mol. The Morgan fingerprint density at radius 3 is 2.18 bits per heavy atom. The van der Waals surface area contributed by atoms with Gasteiger partial charge < -0.3 is 25.4 Å². The smallest absolute Gasteiger partial charge is 0.243 e. The molecule has 0 radical (unpaired) electrons. The van der Waals surface area contributed by atoms with Gasteiger partial charge in [0.2, 0.25) is 5.91 Å². The second kappa shape index (κ2) is 9.27. The number of ether oxygens (including phenoxy) is 2. The number of para-hydroxylation sites is 1. The van der Waals surface area contributed by atoms with Crippen molar-refractivity contribution < 1.29 is 14.3 Å². The number of amides is 1. The lowest BCUT2D eigenvalue weighted by Gasteiger charge is -2.17. The van der Waals surface area contributed by atoms with E-state index in [0.29, 0.717) is 22.9 Å². The zero-order chi connectivity index (χ0) is 19.8. The van der Waals surface area contributed by atoms with Gasteiger partial charge in [-0.2, -0.15) is 0 Å².